The van der Waals surface area contributed by atoms with Crippen LogP contribution in [0.15, 0.2) is 55.4 Å². The predicted molar refractivity (Wildman–Crippen MR) is 168 cm³/mol. The summed E-state index contributed by atoms with van der Waals surface area (Å²) in [5, 5.41) is 15.1. The van der Waals surface area contributed by atoms with Gasteiger partial charge in [0, 0.05) is 55.6 Å². The van der Waals surface area contributed by atoms with E-state index in [0.29, 0.717) is 17.4 Å². The van der Waals surface area contributed by atoms with Crippen molar-refractivity contribution in [1.29, 1.82) is 0 Å². The van der Waals surface area contributed by atoms with Gasteiger partial charge in [0.1, 0.15) is 5.75 Å². The minimum atomic E-state index is 0.168. The normalized spacial score (nSPS) is 13.9. The first-order chi connectivity index (χ1) is 18.7. The van der Waals surface area contributed by atoms with E-state index >= 15 is 0 Å². The van der Waals surface area contributed by atoms with E-state index in [2.05, 4.69) is 67.4 Å². The molecular weight excluding hydrogens is 504 g/mol. The molecule has 1 heterocycles. The largest absolute Gasteiger partial charge is 0.506 e. The highest BCUT2D eigenvalue weighted by Gasteiger charge is 2.30. The van der Waals surface area contributed by atoms with Gasteiger partial charge in [0.25, 0.3) is 0 Å². The smallest absolute Gasteiger partial charge is 0.137 e. The zero-order valence-corrected chi connectivity index (χ0v) is 24.9. The lowest BCUT2D eigenvalue weighted by Crippen LogP contribution is -2.43. The molecule has 1 aromatic heterocycles. The first kappa shape index (κ1) is 29.0. The monoisotopic (exact) mass is 546 g/mol. The van der Waals surface area contributed by atoms with Crippen LogP contribution < -0.4 is 10.2 Å². The van der Waals surface area contributed by atoms with Gasteiger partial charge < -0.3 is 20.2 Å². The fraction of sp³-hybridized carbons (Fsp3) is 0.424. The molecule has 1 aliphatic carbocycles. The van der Waals surface area contributed by atoms with Gasteiger partial charge in [-0.05, 0) is 92.1 Å². The zero-order valence-electron chi connectivity index (χ0n) is 24.1. The second-order valence-electron chi connectivity index (χ2n) is 10.7. The maximum absolute atomic E-state index is 10.4. The Morgan fingerprint density at radius 1 is 1.15 bits per heavy atom. The average Bonchev–Trinajstić information content (AvgIpc) is 3.79. The third kappa shape index (κ3) is 6.10. The van der Waals surface area contributed by atoms with Gasteiger partial charge in [-0.3, -0.25) is 4.98 Å². The number of hydrogen-bond donors (Lipinski definition) is 2. The molecule has 0 radical (unpaired) electrons. The number of anilines is 1. The predicted octanol–water partition coefficient (Wildman–Crippen LogP) is 7.52. The molecule has 0 saturated heterocycles. The summed E-state index contributed by atoms with van der Waals surface area (Å²) in [7, 11) is 4.08. The number of nitrogens with zero attached hydrogens (tertiary/aromatic N) is 3. The van der Waals surface area contributed by atoms with Crippen LogP contribution in [0.25, 0.3) is 27.6 Å². The van der Waals surface area contributed by atoms with Crippen LogP contribution in [0.1, 0.15) is 51.2 Å². The highest BCUT2D eigenvalue weighted by molar-refractivity contribution is 6.32. The molecule has 4 rings (SSSR count). The van der Waals surface area contributed by atoms with Gasteiger partial charge in [0.05, 0.1) is 16.2 Å². The minimum absolute atomic E-state index is 0.168. The number of allylic oxidation sites excluding steroid dienone is 1. The number of rotatable bonds is 13. The number of fused-ring (bicyclic) bond motifs is 1. The fourth-order valence-corrected chi connectivity index (χ4v) is 5.72. The van der Waals surface area contributed by atoms with Crippen molar-refractivity contribution in [3.05, 3.63) is 71.5 Å². The topological polar surface area (TPSA) is 51.6 Å². The average molecular weight is 547 g/mol. The molecule has 5 nitrogen and oxygen atoms in total. The number of nitrogens with one attached hydrogen (secondary N) is 1. The maximum atomic E-state index is 10.4. The number of halogens is 1. The first-order valence-corrected chi connectivity index (χ1v) is 14.5. The van der Waals surface area contributed by atoms with E-state index in [1.807, 2.05) is 32.3 Å². The summed E-state index contributed by atoms with van der Waals surface area (Å²) < 4.78 is 0. The molecule has 1 atom stereocenters. The molecule has 6 heteroatoms. The van der Waals surface area contributed by atoms with E-state index in [1.54, 1.807) is 0 Å². The highest BCUT2D eigenvalue weighted by Crippen LogP contribution is 2.46. The maximum Gasteiger partial charge on any atom is 0.137 e. The Morgan fingerprint density at radius 3 is 2.51 bits per heavy atom. The number of aryl methyl sites for hydroxylation is 1. The SMILES string of the molecule is C=C(c1cnc2ccc(-c3cc(Cl)c(O)c(CC)c3)cc2c1N(CC)C(CC)CN(C)C(=C)CNC)C1CC1. The number of phenolic OH excluding ortho intramolecular Hbond substituents is 1. The number of phenols is 1. The van der Waals surface area contributed by atoms with E-state index in [0.717, 1.165) is 64.9 Å². The van der Waals surface area contributed by atoms with Gasteiger partial charge in [-0.25, -0.2) is 0 Å². The van der Waals surface area contributed by atoms with Crippen molar-refractivity contribution in [3.63, 3.8) is 0 Å². The Bertz CT molecular complexity index is 1360. The summed E-state index contributed by atoms with van der Waals surface area (Å²) in [6, 6.07) is 10.6. The van der Waals surface area contributed by atoms with Crippen LogP contribution in [-0.4, -0.2) is 54.8 Å². The summed E-state index contributed by atoms with van der Waals surface area (Å²) >= 11 is 6.44. The van der Waals surface area contributed by atoms with Gasteiger partial charge in [-0.2, -0.15) is 0 Å². The van der Waals surface area contributed by atoms with Gasteiger partial charge in [-0.15, -0.1) is 0 Å². The lowest BCUT2D eigenvalue weighted by Gasteiger charge is -2.38. The zero-order chi connectivity index (χ0) is 28.3. The Kier molecular flexibility index (Phi) is 9.24. The number of hydrogen-bond acceptors (Lipinski definition) is 5. The molecule has 3 aromatic rings. The highest BCUT2D eigenvalue weighted by atomic mass is 35.5. The van der Waals surface area contributed by atoms with E-state index in [-0.39, 0.29) is 11.8 Å². The number of aromatic hydroxyl groups is 1. The van der Waals surface area contributed by atoms with Gasteiger partial charge in [-0.1, -0.05) is 44.7 Å². The number of likely N-dealkylation sites (N-methyl/N-ethyl adjacent to an activating group) is 3. The molecule has 2 N–H and O–H groups in total. The van der Waals surface area contributed by atoms with Crippen molar-refractivity contribution in [2.45, 2.75) is 52.5 Å². The number of benzene rings is 2. The molecule has 1 unspecified atom stereocenters. The third-order valence-corrected chi connectivity index (χ3v) is 8.35. The first-order valence-electron chi connectivity index (χ1n) is 14.2. The summed E-state index contributed by atoms with van der Waals surface area (Å²) in [5.41, 5.74) is 8.48. The van der Waals surface area contributed by atoms with Crippen LogP contribution in [0.2, 0.25) is 5.02 Å². The summed E-state index contributed by atoms with van der Waals surface area (Å²) in [4.78, 5) is 9.71. The van der Waals surface area contributed by atoms with Crippen molar-refractivity contribution in [2.24, 2.45) is 5.92 Å². The number of aromatic nitrogens is 1. The lowest BCUT2D eigenvalue weighted by atomic mass is 9.95. The standard InChI is InChI=1S/C33H43ClN4O/c1-8-23-15-26(17-30(34)33(23)39)25-13-14-31-28(16-25)32(29(19-36-31)22(5)24-11-12-24)38(10-3)27(9-2)20-37(7)21(4)18-35-6/h13-17,19,24,27,35,39H,4-5,8-12,18,20H2,1-3,6-7H3. The van der Waals surface area contributed by atoms with Gasteiger partial charge in [0.2, 0.25) is 0 Å². The fourth-order valence-electron chi connectivity index (χ4n) is 5.48. The van der Waals surface area contributed by atoms with Crippen molar-refractivity contribution in [1.82, 2.24) is 15.2 Å². The Hall–Kier alpha value is -3.02. The summed E-state index contributed by atoms with van der Waals surface area (Å²) in [6.07, 6.45) is 6.12. The van der Waals surface area contributed by atoms with Crippen molar-refractivity contribution in [3.8, 4) is 16.9 Å². The van der Waals surface area contributed by atoms with Crippen LogP contribution in [0.3, 0.4) is 0 Å². The van der Waals surface area contributed by atoms with Crippen LogP contribution in [0, 0.1) is 5.92 Å². The van der Waals surface area contributed by atoms with Crippen LogP contribution in [0.5, 0.6) is 5.75 Å². The van der Waals surface area contributed by atoms with Gasteiger partial charge >= 0.3 is 0 Å². The second-order valence-corrected chi connectivity index (χ2v) is 11.1. The van der Waals surface area contributed by atoms with Crippen molar-refractivity contribution < 1.29 is 5.11 Å². The molecule has 39 heavy (non-hydrogen) atoms. The lowest BCUT2D eigenvalue weighted by molar-refractivity contribution is 0.358. The van der Waals surface area contributed by atoms with E-state index in [4.69, 9.17) is 16.6 Å². The van der Waals surface area contributed by atoms with Crippen molar-refractivity contribution >= 4 is 33.8 Å². The van der Waals surface area contributed by atoms with E-state index < -0.39 is 0 Å². The van der Waals surface area contributed by atoms with E-state index in [1.165, 1.54) is 24.1 Å². The molecule has 1 saturated carbocycles. The summed E-state index contributed by atoms with van der Waals surface area (Å²) in [5.74, 6) is 0.701. The van der Waals surface area contributed by atoms with Crippen molar-refractivity contribution in [2.75, 3.05) is 38.6 Å². The molecule has 0 bridgehead atoms. The van der Waals surface area contributed by atoms with Crippen LogP contribution in [0.4, 0.5) is 5.69 Å². The molecule has 1 aliphatic rings. The minimum Gasteiger partial charge on any atom is -0.506 e. The molecule has 0 aliphatic heterocycles. The van der Waals surface area contributed by atoms with Crippen LogP contribution >= 0.6 is 11.6 Å². The molecule has 1 fully saturated rings. The third-order valence-electron chi connectivity index (χ3n) is 8.06. The Morgan fingerprint density at radius 2 is 1.90 bits per heavy atom. The molecule has 208 valence electrons. The van der Waals surface area contributed by atoms with Gasteiger partial charge in [0.15, 0.2) is 0 Å². The molecule has 2 aromatic carbocycles. The van der Waals surface area contributed by atoms with Crippen LogP contribution in [-0.2, 0) is 6.42 Å². The second kappa shape index (κ2) is 12.4. The quantitative estimate of drug-likeness (QED) is 0.232. The summed E-state index contributed by atoms with van der Waals surface area (Å²) in [6.45, 7) is 17.9. The molecule has 0 spiro atoms. The molecular formula is C33H43ClN4O. The molecule has 0 amide bonds. The van der Waals surface area contributed by atoms with E-state index in [9.17, 15) is 5.11 Å². The number of pyridine rings is 1. The Labute approximate surface area is 239 Å². The Balaban J connectivity index is 1.88.